The van der Waals surface area contributed by atoms with E-state index in [4.69, 9.17) is 33.7 Å². The number of rotatable bonds is 5. The zero-order valence-electron chi connectivity index (χ0n) is 9.04. The Hall–Kier alpha value is -0.930. The number of nitrogens with zero attached hydrogens (tertiary/aromatic N) is 1. The van der Waals surface area contributed by atoms with Gasteiger partial charge in [-0.3, -0.25) is 0 Å². The highest BCUT2D eigenvalue weighted by Crippen LogP contribution is 2.29. The lowest BCUT2D eigenvalue weighted by Gasteiger charge is -2.07. The number of aliphatic imine (C=N–C) groups is 1. The van der Waals surface area contributed by atoms with Crippen molar-refractivity contribution in [2.75, 3.05) is 12.5 Å². The molecule has 0 radical (unpaired) electrons. The summed E-state index contributed by atoms with van der Waals surface area (Å²) in [6.45, 7) is 2.68. The van der Waals surface area contributed by atoms with E-state index in [0.717, 1.165) is 6.42 Å². The molecule has 0 amide bonds. The summed E-state index contributed by atoms with van der Waals surface area (Å²) in [5.74, 6) is 1.22. The summed E-state index contributed by atoms with van der Waals surface area (Å²) in [6, 6.07) is 5.26. The van der Waals surface area contributed by atoms with Gasteiger partial charge in [0.25, 0.3) is 0 Å². The van der Waals surface area contributed by atoms with E-state index in [1.165, 1.54) is 0 Å². The van der Waals surface area contributed by atoms with Gasteiger partial charge in [-0.15, -0.1) is 11.6 Å². The first-order valence-electron chi connectivity index (χ1n) is 4.98. The molecule has 0 aliphatic carbocycles. The Labute approximate surface area is 105 Å². The van der Waals surface area contributed by atoms with E-state index < -0.39 is 0 Å². The molecule has 0 atom stereocenters. The summed E-state index contributed by atoms with van der Waals surface area (Å²) < 4.78 is 5.43. The van der Waals surface area contributed by atoms with E-state index >= 15 is 0 Å². The van der Waals surface area contributed by atoms with E-state index in [9.17, 15) is 0 Å². The molecule has 3 nitrogen and oxygen atoms in total. The van der Waals surface area contributed by atoms with Gasteiger partial charge in [0.2, 0.25) is 0 Å². The highest BCUT2D eigenvalue weighted by Gasteiger charge is 2.02. The van der Waals surface area contributed by atoms with Crippen molar-refractivity contribution < 1.29 is 4.74 Å². The maximum atomic E-state index is 6.02. The topological polar surface area (TPSA) is 47.6 Å². The number of alkyl halides is 1. The number of halogens is 2. The van der Waals surface area contributed by atoms with Crippen LogP contribution in [0.25, 0.3) is 0 Å². The quantitative estimate of drug-likeness (QED) is 0.502. The van der Waals surface area contributed by atoms with Crippen molar-refractivity contribution in [3.63, 3.8) is 0 Å². The normalized spacial score (nSPS) is 11.6. The van der Waals surface area contributed by atoms with Crippen molar-refractivity contribution in [1.29, 1.82) is 0 Å². The Morgan fingerprint density at radius 1 is 1.50 bits per heavy atom. The van der Waals surface area contributed by atoms with E-state index in [-0.39, 0.29) is 5.88 Å². The largest absolute Gasteiger partial charge is 0.492 e. The molecule has 0 bridgehead atoms. The second-order valence-electron chi connectivity index (χ2n) is 3.20. The maximum absolute atomic E-state index is 6.02. The third kappa shape index (κ3) is 3.91. The number of ether oxygens (including phenoxy) is 1. The number of amidine groups is 1. The van der Waals surface area contributed by atoms with Crippen molar-refractivity contribution >= 4 is 34.7 Å². The first-order chi connectivity index (χ1) is 7.67. The molecule has 1 aromatic rings. The highest BCUT2D eigenvalue weighted by molar-refractivity contribution is 6.32. The lowest BCUT2D eigenvalue weighted by Crippen LogP contribution is -2.12. The first kappa shape index (κ1) is 13.1. The zero-order valence-corrected chi connectivity index (χ0v) is 10.6. The molecule has 16 heavy (non-hydrogen) atoms. The molecular formula is C11H14Cl2N2O. The molecule has 88 valence electrons. The van der Waals surface area contributed by atoms with Crippen molar-refractivity contribution in [3.05, 3.63) is 23.2 Å². The summed E-state index contributed by atoms with van der Waals surface area (Å²) in [7, 11) is 0. The first-order valence-corrected chi connectivity index (χ1v) is 5.90. The van der Waals surface area contributed by atoms with Gasteiger partial charge in [-0.1, -0.05) is 18.5 Å². The molecule has 0 fully saturated rings. The van der Waals surface area contributed by atoms with Crippen molar-refractivity contribution in [2.45, 2.75) is 13.3 Å². The smallest absolute Gasteiger partial charge is 0.138 e. The van der Waals surface area contributed by atoms with Crippen LogP contribution in [-0.4, -0.2) is 18.3 Å². The van der Waals surface area contributed by atoms with Gasteiger partial charge >= 0.3 is 0 Å². The van der Waals surface area contributed by atoms with Crippen LogP contribution in [0.4, 0.5) is 5.69 Å². The molecule has 0 aromatic heterocycles. The van der Waals surface area contributed by atoms with Crippen LogP contribution in [0, 0.1) is 0 Å². The monoisotopic (exact) mass is 260 g/mol. The second-order valence-corrected chi connectivity index (χ2v) is 3.87. The Kier molecular flexibility index (Phi) is 5.43. The third-order valence-corrected chi connectivity index (χ3v) is 2.36. The predicted octanol–water partition coefficient (Wildman–Crippen LogP) is 3.36. The van der Waals surface area contributed by atoms with Crippen molar-refractivity contribution in [1.82, 2.24) is 0 Å². The van der Waals surface area contributed by atoms with Crippen molar-refractivity contribution in [3.8, 4) is 5.75 Å². The summed E-state index contributed by atoms with van der Waals surface area (Å²) in [4.78, 5) is 4.08. The molecule has 1 aromatic carbocycles. The van der Waals surface area contributed by atoms with Crippen LogP contribution in [0.1, 0.15) is 13.3 Å². The van der Waals surface area contributed by atoms with Crippen molar-refractivity contribution in [2.24, 2.45) is 10.7 Å². The fourth-order valence-electron chi connectivity index (χ4n) is 1.08. The fraction of sp³-hybridized carbons (Fsp3) is 0.364. The Morgan fingerprint density at radius 2 is 2.25 bits per heavy atom. The lowest BCUT2D eigenvalue weighted by atomic mass is 10.3. The highest BCUT2D eigenvalue weighted by atomic mass is 35.5. The molecule has 2 N–H and O–H groups in total. The van der Waals surface area contributed by atoms with Crippen LogP contribution < -0.4 is 10.5 Å². The molecule has 0 heterocycles. The van der Waals surface area contributed by atoms with E-state index in [2.05, 4.69) is 4.99 Å². The van der Waals surface area contributed by atoms with Gasteiger partial charge in [0.1, 0.15) is 11.6 Å². The maximum Gasteiger partial charge on any atom is 0.138 e. The van der Waals surface area contributed by atoms with Crippen LogP contribution in [0.2, 0.25) is 5.02 Å². The Balaban J connectivity index is 2.82. The standard InChI is InChI=1S/C11H14Cl2N2O/c1-2-5-16-10-4-3-8(6-9(10)13)15-11(14)7-12/h3-4,6H,2,5,7H2,1H3,(H2,14,15). The number of hydrogen-bond donors (Lipinski definition) is 1. The number of benzene rings is 1. The van der Waals surface area contributed by atoms with Crippen LogP contribution in [0.3, 0.4) is 0 Å². The average Bonchev–Trinajstić information content (AvgIpc) is 2.28. The van der Waals surface area contributed by atoms with E-state index in [0.29, 0.717) is 28.9 Å². The molecule has 0 unspecified atom stereocenters. The summed E-state index contributed by atoms with van der Waals surface area (Å²) in [5, 5.41) is 0.525. The van der Waals surface area contributed by atoms with Gasteiger partial charge in [-0.25, -0.2) is 4.99 Å². The molecule has 5 heteroatoms. The summed E-state index contributed by atoms with van der Waals surface area (Å²) in [5.41, 5.74) is 6.19. The Morgan fingerprint density at radius 3 is 2.81 bits per heavy atom. The number of nitrogens with two attached hydrogens (primary N) is 1. The van der Waals surface area contributed by atoms with Crippen LogP contribution in [-0.2, 0) is 0 Å². The third-order valence-electron chi connectivity index (χ3n) is 1.79. The van der Waals surface area contributed by atoms with Gasteiger partial charge in [0.05, 0.1) is 23.2 Å². The fourth-order valence-corrected chi connectivity index (χ4v) is 1.37. The number of hydrogen-bond acceptors (Lipinski definition) is 2. The molecular weight excluding hydrogens is 247 g/mol. The lowest BCUT2D eigenvalue weighted by molar-refractivity contribution is 0.317. The summed E-state index contributed by atoms with van der Waals surface area (Å²) >= 11 is 11.6. The minimum absolute atomic E-state index is 0.200. The van der Waals surface area contributed by atoms with Crippen LogP contribution in [0.15, 0.2) is 23.2 Å². The van der Waals surface area contributed by atoms with Gasteiger partial charge in [0.15, 0.2) is 0 Å². The van der Waals surface area contributed by atoms with Crippen LogP contribution >= 0.6 is 23.2 Å². The summed E-state index contributed by atoms with van der Waals surface area (Å²) in [6.07, 6.45) is 0.940. The molecule has 0 saturated heterocycles. The SMILES string of the molecule is CCCOc1ccc(N=C(N)CCl)cc1Cl. The second kappa shape index (κ2) is 6.61. The zero-order chi connectivity index (χ0) is 12.0. The van der Waals surface area contributed by atoms with Gasteiger partial charge in [0, 0.05) is 0 Å². The van der Waals surface area contributed by atoms with Gasteiger partial charge in [-0.05, 0) is 24.6 Å². The molecule has 0 aliphatic rings. The molecule has 0 saturated carbocycles. The minimum Gasteiger partial charge on any atom is -0.492 e. The molecule has 1 rings (SSSR count). The van der Waals surface area contributed by atoms with E-state index in [1.807, 2.05) is 6.92 Å². The average molecular weight is 261 g/mol. The Bertz CT molecular complexity index is 380. The van der Waals surface area contributed by atoms with Gasteiger partial charge in [-0.2, -0.15) is 0 Å². The minimum atomic E-state index is 0.200. The van der Waals surface area contributed by atoms with E-state index in [1.54, 1.807) is 18.2 Å². The predicted molar refractivity (Wildman–Crippen MR) is 69.2 cm³/mol. The molecule has 0 spiro atoms. The molecule has 0 aliphatic heterocycles. The van der Waals surface area contributed by atoms with Gasteiger partial charge < -0.3 is 10.5 Å². The van der Waals surface area contributed by atoms with Crippen LogP contribution in [0.5, 0.6) is 5.75 Å².